The number of hydrogen-bond donors (Lipinski definition) is 1. The first-order valence-electron chi connectivity index (χ1n) is 5.10. The molecule has 0 fully saturated rings. The van der Waals surface area contributed by atoms with E-state index in [4.69, 9.17) is 9.84 Å². The number of carbonyl (C=O) groups is 2. The largest absolute Gasteiger partial charge is 0.481 e. The first-order chi connectivity index (χ1) is 7.13. The van der Waals surface area contributed by atoms with Gasteiger partial charge in [0.1, 0.15) is 0 Å². The smallest absolute Gasteiger partial charge is 0.320 e. The summed E-state index contributed by atoms with van der Waals surface area (Å²) in [5.41, 5.74) is 0. The zero-order chi connectivity index (χ0) is 11.7. The molecule has 0 radical (unpaired) electrons. The predicted octanol–water partition coefficient (Wildman–Crippen LogP) is 1.78. The fourth-order valence-corrected chi connectivity index (χ4v) is 1.78. The SMILES string of the molecule is CCOC(=O)C(CCCSCC)C(=O)O. The lowest BCUT2D eigenvalue weighted by atomic mass is 10.0. The third-order valence-electron chi connectivity index (χ3n) is 1.85. The van der Waals surface area contributed by atoms with Crippen molar-refractivity contribution < 1.29 is 19.4 Å². The number of thioether (sulfide) groups is 1. The van der Waals surface area contributed by atoms with Crippen LogP contribution in [0.1, 0.15) is 26.7 Å². The highest BCUT2D eigenvalue weighted by molar-refractivity contribution is 7.99. The number of aliphatic carboxylic acids is 1. The number of carbonyl (C=O) groups excluding carboxylic acids is 1. The maximum Gasteiger partial charge on any atom is 0.320 e. The van der Waals surface area contributed by atoms with Crippen molar-refractivity contribution in [3.05, 3.63) is 0 Å². The van der Waals surface area contributed by atoms with Crippen LogP contribution in [0.25, 0.3) is 0 Å². The highest BCUT2D eigenvalue weighted by atomic mass is 32.2. The molecule has 1 unspecified atom stereocenters. The monoisotopic (exact) mass is 234 g/mol. The second-order valence-corrected chi connectivity index (χ2v) is 4.38. The predicted molar refractivity (Wildman–Crippen MR) is 60.0 cm³/mol. The minimum Gasteiger partial charge on any atom is -0.481 e. The number of carboxylic acid groups (broad SMARTS) is 1. The summed E-state index contributed by atoms with van der Waals surface area (Å²) < 4.78 is 4.70. The first kappa shape index (κ1) is 14.3. The molecule has 0 bridgehead atoms. The molecule has 0 aliphatic rings. The molecule has 4 nitrogen and oxygen atoms in total. The fourth-order valence-electron chi connectivity index (χ4n) is 1.12. The van der Waals surface area contributed by atoms with E-state index in [2.05, 4.69) is 0 Å². The second kappa shape index (κ2) is 8.59. The van der Waals surface area contributed by atoms with Crippen LogP contribution in [0.5, 0.6) is 0 Å². The molecule has 0 spiro atoms. The number of ether oxygens (including phenoxy) is 1. The zero-order valence-corrected chi connectivity index (χ0v) is 10.0. The van der Waals surface area contributed by atoms with Gasteiger partial charge in [0.2, 0.25) is 0 Å². The van der Waals surface area contributed by atoms with Crippen molar-refractivity contribution in [1.82, 2.24) is 0 Å². The van der Waals surface area contributed by atoms with E-state index in [0.717, 1.165) is 17.9 Å². The Morgan fingerprint density at radius 1 is 1.40 bits per heavy atom. The lowest BCUT2D eigenvalue weighted by molar-refractivity contribution is -0.158. The van der Waals surface area contributed by atoms with Crippen LogP contribution in [0.15, 0.2) is 0 Å². The molecule has 1 N–H and O–H groups in total. The fraction of sp³-hybridized carbons (Fsp3) is 0.800. The van der Waals surface area contributed by atoms with E-state index in [1.165, 1.54) is 0 Å². The van der Waals surface area contributed by atoms with Crippen LogP contribution in [0.3, 0.4) is 0 Å². The highest BCUT2D eigenvalue weighted by Crippen LogP contribution is 2.12. The van der Waals surface area contributed by atoms with Crippen molar-refractivity contribution in [1.29, 1.82) is 0 Å². The Kier molecular flexibility index (Phi) is 8.18. The topological polar surface area (TPSA) is 63.6 Å². The van der Waals surface area contributed by atoms with E-state index >= 15 is 0 Å². The van der Waals surface area contributed by atoms with Gasteiger partial charge in [-0.3, -0.25) is 9.59 Å². The van der Waals surface area contributed by atoms with E-state index in [1.54, 1.807) is 18.7 Å². The van der Waals surface area contributed by atoms with Gasteiger partial charge in [0.25, 0.3) is 0 Å². The number of esters is 1. The van der Waals surface area contributed by atoms with Gasteiger partial charge in [0.15, 0.2) is 5.92 Å². The van der Waals surface area contributed by atoms with E-state index in [1.807, 2.05) is 6.92 Å². The molecular weight excluding hydrogens is 216 g/mol. The summed E-state index contributed by atoms with van der Waals surface area (Å²) in [6.45, 7) is 3.95. The molecule has 0 aromatic rings. The van der Waals surface area contributed by atoms with Gasteiger partial charge < -0.3 is 9.84 Å². The van der Waals surface area contributed by atoms with Gasteiger partial charge in [-0.15, -0.1) is 0 Å². The van der Waals surface area contributed by atoms with Gasteiger partial charge in [-0.2, -0.15) is 11.8 Å². The Labute approximate surface area is 94.4 Å². The van der Waals surface area contributed by atoms with Gasteiger partial charge >= 0.3 is 11.9 Å². The number of hydrogen-bond acceptors (Lipinski definition) is 4. The average Bonchev–Trinajstić information content (AvgIpc) is 2.17. The van der Waals surface area contributed by atoms with Gasteiger partial charge in [-0.1, -0.05) is 6.92 Å². The molecule has 0 aromatic heterocycles. The van der Waals surface area contributed by atoms with Crippen molar-refractivity contribution >= 4 is 23.7 Å². The van der Waals surface area contributed by atoms with Crippen LogP contribution in [0.4, 0.5) is 0 Å². The van der Waals surface area contributed by atoms with Crippen molar-refractivity contribution in [3.63, 3.8) is 0 Å². The Balaban J connectivity index is 3.94. The third-order valence-corrected chi connectivity index (χ3v) is 2.84. The van der Waals surface area contributed by atoms with Crippen molar-refractivity contribution in [3.8, 4) is 0 Å². The lowest BCUT2D eigenvalue weighted by Crippen LogP contribution is -2.26. The molecule has 1 atom stereocenters. The minimum atomic E-state index is -1.09. The summed E-state index contributed by atoms with van der Waals surface area (Å²) in [6, 6.07) is 0. The quantitative estimate of drug-likeness (QED) is 0.394. The van der Waals surface area contributed by atoms with Gasteiger partial charge in [0.05, 0.1) is 6.61 Å². The summed E-state index contributed by atoms with van der Waals surface area (Å²) >= 11 is 1.74. The average molecular weight is 234 g/mol. The molecule has 0 saturated heterocycles. The molecule has 15 heavy (non-hydrogen) atoms. The Bertz CT molecular complexity index is 206. The molecular formula is C10H18O4S. The lowest BCUT2D eigenvalue weighted by Gasteiger charge is -2.10. The van der Waals surface area contributed by atoms with Crippen LogP contribution in [-0.2, 0) is 14.3 Å². The molecule has 0 saturated carbocycles. The molecule has 0 amide bonds. The molecule has 0 aliphatic heterocycles. The zero-order valence-electron chi connectivity index (χ0n) is 9.19. The first-order valence-corrected chi connectivity index (χ1v) is 6.26. The maximum absolute atomic E-state index is 11.2. The molecule has 88 valence electrons. The summed E-state index contributed by atoms with van der Waals surface area (Å²) in [5.74, 6) is -0.805. The maximum atomic E-state index is 11.2. The van der Waals surface area contributed by atoms with Crippen molar-refractivity contribution in [2.75, 3.05) is 18.1 Å². The van der Waals surface area contributed by atoms with Gasteiger partial charge in [-0.25, -0.2) is 0 Å². The standard InChI is InChI=1S/C10H18O4S/c1-3-14-10(13)8(9(11)12)6-5-7-15-4-2/h8H,3-7H2,1-2H3,(H,11,12). The molecule has 0 aliphatic carbocycles. The van der Waals surface area contributed by atoms with Crippen LogP contribution in [0.2, 0.25) is 0 Å². The Morgan fingerprint density at radius 3 is 2.53 bits per heavy atom. The Morgan fingerprint density at radius 2 is 2.07 bits per heavy atom. The van der Waals surface area contributed by atoms with Crippen LogP contribution in [-0.4, -0.2) is 35.2 Å². The number of rotatable bonds is 8. The molecule has 5 heteroatoms. The van der Waals surface area contributed by atoms with Gasteiger partial charge in [-0.05, 0) is 31.3 Å². The summed E-state index contributed by atoms with van der Waals surface area (Å²) in [7, 11) is 0. The third kappa shape index (κ3) is 6.38. The van der Waals surface area contributed by atoms with Crippen molar-refractivity contribution in [2.24, 2.45) is 5.92 Å². The van der Waals surface area contributed by atoms with Crippen LogP contribution in [0, 0.1) is 5.92 Å². The summed E-state index contributed by atoms with van der Waals surface area (Å²) in [4.78, 5) is 22.0. The van der Waals surface area contributed by atoms with Crippen LogP contribution < -0.4 is 0 Å². The summed E-state index contributed by atoms with van der Waals surface area (Å²) in [5, 5.41) is 8.82. The molecule has 0 rings (SSSR count). The Hall–Kier alpha value is -0.710. The van der Waals surface area contributed by atoms with Gasteiger partial charge in [0, 0.05) is 0 Å². The minimum absolute atomic E-state index is 0.228. The van der Waals surface area contributed by atoms with E-state index < -0.39 is 17.9 Å². The normalized spacial score (nSPS) is 12.1. The van der Waals surface area contributed by atoms with Crippen LogP contribution >= 0.6 is 11.8 Å². The molecule has 0 heterocycles. The van der Waals surface area contributed by atoms with E-state index in [0.29, 0.717) is 6.42 Å². The van der Waals surface area contributed by atoms with Crippen molar-refractivity contribution in [2.45, 2.75) is 26.7 Å². The highest BCUT2D eigenvalue weighted by Gasteiger charge is 2.26. The second-order valence-electron chi connectivity index (χ2n) is 2.98. The number of carboxylic acids is 1. The summed E-state index contributed by atoms with van der Waals surface area (Å²) in [6.07, 6.45) is 1.09. The van der Waals surface area contributed by atoms with E-state index in [9.17, 15) is 9.59 Å². The molecule has 0 aromatic carbocycles. The van der Waals surface area contributed by atoms with E-state index in [-0.39, 0.29) is 6.61 Å².